The number of benzene rings is 1. The molecule has 0 spiro atoms. The number of rotatable bonds is 1. The molecule has 0 saturated heterocycles. The first-order chi connectivity index (χ1) is 6.65. The van der Waals surface area contributed by atoms with Crippen LogP contribution in [0.3, 0.4) is 0 Å². The van der Waals surface area contributed by atoms with Gasteiger partial charge in [-0.05, 0) is 39.6 Å². The van der Waals surface area contributed by atoms with Crippen molar-refractivity contribution in [1.29, 1.82) is 0 Å². The van der Waals surface area contributed by atoms with Crippen LogP contribution in [0.5, 0.6) is 0 Å². The Morgan fingerprint density at radius 1 is 1.14 bits per heavy atom. The van der Waals surface area contributed by atoms with Crippen LogP contribution in [0.4, 0.5) is 8.78 Å². The van der Waals surface area contributed by atoms with E-state index in [0.29, 0.717) is 15.3 Å². The first-order valence-electron chi connectivity index (χ1n) is 3.61. The molecule has 0 saturated carbocycles. The third-order valence-corrected chi connectivity index (χ3v) is 2.86. The molecule has 1 aromatic carbocycles. The maximum Gasteiger partial charge on any atom is 0.209 e. The normalized spacial score (nSPS) is 10.5. The van der Waals surface area contributed by atoms with E-state index in [4.69, 9.17) is 0 Å². The summed E-state index contributed by atoms with van der Waals surface area (Å²) in [6, 6.07) is 3.26. The van der Waals surface area contributed by atoms with Gasteiger partial charge in [-0.2, -0.15) is 4.37 Å². The van der Waals surface area contributed by atoms with Gasteiger partial charge in [0.1, 0.15) is 16.6 Å². The van der Waals surface area contributed by atoms with E-state index in [2.05, 4.69) is 25.3 Å². The number of hydrogen-bond donors (Lipinski definition) is 0. The van der Waals surface area contributed by atoms with E-state index in [9.17, 15) is 8.78 Å². The van der Waals surface area contributed by atoms with Gasteiger partial charge in [-0.15, -0.1) is 0 Å². The lowest BCUT2D eigenvalue weighted by Gasteiger charge is -1.95. The van der Waals surface area contributed by atoms with Crippen molar-refractivity contribution >= 4 is 27.5 Å². The lowest BCUT2D eigenvalue weighted by Crippen LogP contribution is -1.83. The Labute approximate surface area is 90.9 Å². The van der Waals surface area contributed by atoms with Gasteiger partial charge < -0.3 is 0 Å². The highest BCUT2D eigenvalue weighted by molar-refractivity contribution is 9.10. The highest BCUT2D eigenvalue weighted by Crippen LogP contribution is 2.24. The average molecular weight is 277 g/mol. The van der Waals surface area contributed by atoms with Crippen molar-refractivity contribution in [2.24, 2.45) is 0 Å². The van der Waals surface area contributed by atoms with Gasteiger partial charge in [0.25, 0.3) is 0 Å². The number of halogens is 3. The van der Waals surface area contributed by atoms with E-state index in [1.54, 1.807) is 0 Å². The second kappa shape index (κ2) is 3.70. The molecule has 14 heavy (non-hydrogen) atoms. The van der Waals surface area contributed by atoms with E-state index >= 15 is 0 Å². The monoisotopic (exact) mass is 276 g/mol. The molecule has 0 radical (unpaired) electrons. The second-order valence-electron chi connectivity index (χ2n) is 2.53. The van der Waals surface area contributed by atoms with Gasteiger partial charge in [-0.25, -0.2) is 13.8 Å². The van der Waals surface area contributed by atoms with Crippen LogP contribution in [-0.4, -0.2) is 9.36 Å². The predicted octanol–water partition coefficient (Wildman–Crippen LogP) is 3.25. The van der Waals surface area contributed by atoms with Crippen molar-refractivity contribution in [1.82, 2.24) is 9.36 Å². The third kappa shape index (κ3) is 1.96. The fraction of sp³-hybridized carbons (Fsp3) is 0. The molecule has 0 atom stereocenters. The maximum atomic E-state index is 12.8. The lowest BCUT2D eigenvalue weighted by atomic mass is 10.2. The molecular formula is C8H3BrF2N2S. The Balaban J connectivity index is 2.51. The van der Waals surface area contributed by atoms with Gasteiger partial charge in [-0.1, -0.05) is 0 Å². The predicted molar refractivity (Wildman–Crippen MR) is 53.0 cm³/mol. The number of aromatic nitrogens is 2. The van der Waals surface area contributed by atoms with E-state index in [0.717, 1.165) is 17.6 Å². The molecule has 2 aromatic rings. The van der Waals surface area contributed by atoms with Crippen molar-refractivity contribution in [3.63, 3.8) is 0 Å². The first kappa shape index (κ1) is 9.67. The standard InChI is InChI=1S/C8H3BrF2N2S/c9-8-12-7(14-13-8)4-1-5(10)3-6(11)2-4/h1-3H. The summed E-state index contributed by atoms with van der Waals surface area (Å²) < 4.78 is 29.9. The summed E-state index contributed by atoms with van der Waals surface area (Å²) in [4.78, 5) is 3.95. The van der Waals surface area contributed by atoms with Crippen LogP contribution in [0.2, 0.25) is 0 Å². The van der Waals surface area contributed by atoms with Crippen molar-refractivity contribution < 1.29 is 8.78 Å². The second-order valence-corrected chi connectivity index (χ2v) is 3.99. The average Bonchev–Trinajstić information content (AvgIpc) is 2.50. The molecule has 0 aliphatic rings. The Morgan fingerprint density at radius 3 is 2.29 bits per heavy atom. The molecule has 0 N–H and O–H groups in total. The summed E-state index contributed by atoms with van der Waals surface area (Å²) in [7, 11) is 0. The van der Waals surface area contributed by atoms with E-state index in [1.165, 1.54) is 12.1 Å². The summed E-state index contributed by atoms with van der Waals surface area (Å²) in [5, 5.41) is 0.482. The summed E-state index contributed by atoms with van der Waals surface area (Å²) >= 11 is 4.15. The van der Waals surface area contributed by atoms with Gasteiger partial charge in [0, 0.05) is 11.6 Å². The smallest absolute Gasteiger partial charge is 0.209 e. The van der Waals surface area contributed by atoms with Crippen LogP contribution in [-0.2, 0) is 0 Å². The highest BCUT2D eigenvalue weighted by Gasteiger charge is 2.07. The van der Waals surface area contributed by atoms with Crippen LogP contribution in [0.15, 0.2) is 22.9 Å². The van der Waals surface area contributed by atoms with Crippen LogP contribution in [0, 0.1) is 11.6 Å². The summed E-state index contributed by atoms with van der Waals surface area (Å²) in [6.45, 7) is 0. The van der Waals surface area contributed by atoms with Crippen LogP contribution in [0.25, 0.3) is 10.6 Å². The minimum atomic E-state index is -0.619. The Bertz CT molecular complexity index is 452. The van der Waals surface area contributed by atoms with Gasteiger partial charge in [-0.3, -0.25) is 0 Å². The zero-order valence-corrected chi connectivity index (χ0v) is 9.07. The lowest BCUT2D eigenvalue weighted by molar-refractivity contribution is 0.584. The SMILES string of the molecule is Fc1cc(F)cc(-c2nc(Br)ns2)c1. The molecule has 0 aliphatic carbocycles. The van der Waals surface area contributed by atoms with Crippen LogP contribution in [0.1, 0.15) is 0 Å². The topological polar surface area (TPSA) is 25.8 Å². The molecule has 2 rings (SSSR count). The van der Waals surface area contributed by atoms with Crippen LogP contribution >= 0.6 is 27.5 Å². The third-order valence-electron chi connectivity index (χ3n) is 1.51. The molecule has 0 unspecified atom stereocenters. The molecule has 0 amide bonds. The first-order valence-corrected chi connectivity index (χ1v) is 5.17. The summed E-state index contributed by atoms with van der Waals surface area (Å²) in [6.07, 6.45) is 0. The van der Waals surface area contributed by atoms with Gasteiger partial charge >= 0.3 is 0 Å². The Hall–Kier alpha value is -0.880. The van der Waals surface area contributed by atoms with Crippen molar-refractivity contribution in [3.05, 3.63) is 34.6 Å². The molecule has 0 fully saturated rings. The molecule has 0 aliphatic heterocycles. The summed E-state index contributed by atoms with van der Waals surface area (Å²) in [5.74, 6) is -1.24. The fourth-order valence-electron chi connectivity index (χ4n) is 1.00. The zero-order chi connectivity index (χ0) is 10.1. The number of hydrogen-bond acceptors (Lipinski definition) is 3. The molecular weight excluding hydrogens is 274 g/mol. The van der Waals surface area contributed by atoms with Gasteiger partial charge in [0.05, 0.1) is 0 Å². The van der Waals surface area contributed by atoms with E-state index in [-0.39, 0.29) is 0 Å². The van der Waals surface area contributed by atoms with Crippen molar-refractivity contribution in [2.75, 3.05) is 0 Å². The minimum absolute atomic E-state index is 0.394. The summed E-state index contributed by atoms with van der Waals surface area (Å²) in [5.41, 5.74) is 0.394. The van der Waals surface area contributed by atoms with E-state index < -0.39 is 11.6 Å². The van der Waals surface area contributed by atoms with Crippen molar-refractivity contribution in [2.45, 2.75) is 0 Å². The molecule has 6 heteroatoms. The van der Waals surface area contributed by atoms with Gasteiger partial charge in [0.2, 0.25) is 4.73 Å². The molecule has 1 heterocycles. The largest absolute Gasteiger partial charge is 0.209 e. The molecule has 1 aromatic heterocycles. The fourth-order valence-corrected chi connectivity index (χ4v) is 2.07. The Morgan fingerprint density at radius 2 is 1.79 bits per heavy atom. The zero-order valence-electron chi connectivity index (χ0n) is 6.67. The van der Waals surface area contributed by atoms with Crippen LogP contribution < -0.4 is 0 Å². The Kier molecular flexibility index (Phi) is 2.56. The van der Waals surface area contributed by atoms with E-state index in [1.807, 2.05) is 0 Å². The quantitative estimate of drug-likeness (QED) is 0.799. The van der Waals surface area contributed by atoms with Crippen molar-refractivity contribution in [3.8, 4) is 10.6 Å². The van der Waals surface area contributed by atoms with Gasteiger partial charge in [0.15, 0.2) is 0 Å². The maximum absolute atomic E-state index is 12.8. The molecule has 2 nitrogen and oxygen atoms in total. The minimum Gasteiger partial charge on any atom is -0.209 e. The molecule has 72 valence electrons. The molecule has 0 bridgehead atoms. The number of nitrogens with zero attached hydrogens (tertiary/aromatic N) is 2. The highest BCUT2D eigenvalue weighted by atomic mass is 79.9.